The summed E-state index contributed by atoms with van der Waals surface area (Å²) in [7, 11) is -3.76. The molecule has 0 spiro atoms. The van der Waals surface area contributed by atoms with Crippen molar-refractivity contribution in [3.63, 3.8) is 0 Å². The third kappa shape index (κ3) is 5.16. The van der Waals surface area contributed by atoms with E-state index in [1.807, 2.05) is 0 Å². The van der Waals surface area contributed by atoms with Gasteiger partial charge < -0.3 is 15.4 Å². The second-order valence-corrected chi connectivity index (χ2v) is 9.97. The molecule has 4 rings (SSSR count). The molecular weight excluding hydrogens is 450 g/mol. The molecule has 1 saturated heterocycles. The minimum absolute atomic E-state index is 0.174. The average Bonchev–Trinajstić information content (AvgIpc) is 3.50. The van der Waals surface area contributed by atoms with Crippen LogP contribution in [-0.2, 0) is 19.6 Å². The number of rotatable bonds is 7. The average molecular weight is 472 g/mol. The van der Waals surface area contributed by atoms with Gasteiger partial charge in [0.2, 0.25) is 0 Å². The number of hydrogen-bond acceptors (Lipinski definition) is 6. The van der Waals surface area contributed by atoms with Crippen LogP contribution in [0.15, 0.2) is 70.3 Å². The molecule has 1 atom stereocenters. The highest BCUT2D eigenvalue weighted by atomic mass is 32.2. The first-order valence-electron chi connectivity index (χ1n) is 9.92. The minimum atomic E-state index is -3.76. The Kier molecular flexibility index (Phi) is 6.54. The summed E-state index contributed by atoms with van der Waals surface area (Å²) in [4.78, 5) is 25.1. The lowest BCUT2D eigenvalue weighted by Crippen LogP contribution is -2.27. The van der Waals surface area contributed by atoms with Crippen LogP contribution in [0.2, 0.25) is 0 Å². The predicted molar refractivity (Wildman–Crippen MR) is 124 cm³/mol. The highest BCUT2D eigenvalue weighted by Crippen LogP contribution is 2.27. The van der Waals surface area contributed by atoms with Gasteiger partial charge in [0, 0.05) is 17.9 Å². The smallest absolute Gasteiger partial charge is 0.271 e. The highest BCUT2D eigenvalue weighted by molar-refractivity contribution is 7.94. The Morgan fingerprint density at radius 2 is 1.78 bits per heavy atom. The molecule has 0 unspecified atom stereocenters. The zero-order valence-corrected chi connectivity index (χ0v) is 18.5. The van der Waals surface area contributed by atoms with Crippen molar-refractivity contribution in [2.75, 3.05) is 22.0 Å². The number of carbonyl (C=O) groups is 2. The SMILES string of the molecule is O=C(Nc1ccccc1NS(=O)(=O)c1cccs1)c1cccc(NC(=O)[C@H]2CCCO2)c1. The molecule has 166 valence electrons. The maximum absolute atomic E-state index is 12.8. The van der Waals surface area contributed by atoms with Crippen molar-refractivity contribution < 1.29 is 22.7 Å². The lowest BCUT2D eigenvalue weighted by atomic mass is 10.1. The fourth-order valence-corrected chi connectivity index (χ4v) is 5.31. The van der Waals surface area contributed by atoms with Crippen molar-refractivity contribution in [3.05, 3.63) is 71.6 Å². The number of benzene rings is 2. The minimum Gasteiger partial charge on any atom is -0.368 e. The van der Waals surface area contributed by atoms with Gasteiger partial charge in [-0.15, -0.1) is 11.3 Å². The van der Waals surface area contributed by atoms with Crippen molar-refractivity contribution in [1.82, 2.24) is 0 Å². The summed E-state index contributed by atoms with van der Waals surface area (Å²) in [6.07, 6.45) is 1.04. The number of nitrogens with one attached hydrogen (secondary N) is 3. The highest BCUT2D eigenvalue weighted by Gasteiger charge is 2.24. The third-order valence-electron chi connectivity index (χ3n) is 4.79. The lowest BCUT2D eigenvalue weighted by Gasteiger charge is -2.14. The van der Waals surface area contributed by atoms with Crippen molar-refractivity contribution in [2.45, 2.75) is 23.2 Å². The summed E-state index contributed by atoms with van der Waals surface area (Å²) in [5.41, 5.74) is 1.35. The maximum atomic E-state index is 12.8. The summed E-state index contributed by atoms with van der Waals surface area (Å²) in [6, 6.07) is 16.2. The van der Waals surface area contributed by atoms with Gasteiger partial charge in [-0.25, -0.2) is 8.42 Å². The molecule has 1 aliphatic heterocycles. The van der Waals surface area contributed by atoms with Crippen molar-refractivity contribution in [1.29, 1.82) is 0 Å². The van der Waals surface area contributed by atoms with E-state index >= 15 is 0 Å². The fraction of sp³-hybridized carbons (Fsp3) is 0.182. The second-order valence-electron chi connectivity index (χ2n) is 7.11. The van der Waals surface area contributed by atoms with Crippen LogP contribution in [0.4, 0.5) is 17.1 Å². The number of amides is 2. The first-order valence-corrected chi connectivity index (χ1v) is 12.3. The first kappa shape index (κ1) is 22.0. The largest absolute Gasteiger partial charge is 0.368 e. The molecule has 10 heteroatoms. The van der Waals surface area contributed by atoms with Crippen LogP contribution in [0.5, 0.6) is 0 Å². The lowest BCUT2D eigenvalue weighted by molar-refractivity contribution is -0.124. The Hall–Kier alpha value is -3.21. The van der Waals surface area contributed by atoms with Gasteiger partial charge >= 0.3 is 0 Å². The Labute approximate surface area is 189 Å². The monoisotopic (exact) mass is 471 g/mol. The molecule has 1 aliphatic rings. The van der Waals surface area contributed by atoms with Crippen molar-refractivity contribution in [2.24, 2.45) is 0 Å². The second kappa shape index (κ2) is 9.51. The van der Waals surface area contributed by atoms with Crippen LogP contribution in [0.25, 0.3) is 0 Å². The number of sulfonamides is 1. The van der Waals surface area contributed by atoms with E-state index in [0.29, 0.717) is 30.0 Å². The van der Waals surface area contributed by atoms with Gasteiger partial charge in [0.15, 0.2) is 0 Å². The summed E-state index contributed by atoms with van der Waals surface area (Å²) in [5.74, 6) is -0.686. The zero-order valence-electron chi connectivity index (χ0n) is 16.9. The standard InChI is InChI=1S/C22H21N3O5S2/c26-21(15-6-3-7-16(14-15)23-22(27)19-10-4-12-30-19)24-17-8-1-2-9-18(17)25-32(28,29)20-11-5-13-31-20/h1-3,5-9,11,13-14,19,25H,4,10,12H2,(H,23,27)(H,24,26)/t19-/m1/s1. The molecule has 1 aromatic heterocycles. The normalized spacial score (nSPS) is 15.8. The van der Waals surface area contributed by atoms with E-state index in [1.165, 1.54) is 6.07 Å². The van der Waals surface area contributed by atoms with Crippen LogP contribution >= 0.6 is 11.3 Å². The van der Waals surface area contributed by atoms with E-state index in [2.05, 4.69) is 15.4 Å². The van der Waals surface area contributed by atoms with Gasteiger partial charge in [0.05, 0.1) is 11.4 Å². The molecule has 3 N–H and O–H groups in total. The number of hydrogen-bond donors (Lipinski definition) is 3. The Morgan fingerprint density at radius 1 is 0.969 bits per heavy atom. The summed E-state index contributed by atoms with van der Waals surface area (Å²) in [5, 5.41) is 7.17. The predicted octanol–water partition coefficient (Wildman–Crippen LogP) is 3.92. The number of carbonyl (C=O) groups excluding carboxylic acids is 2. The van der Waals surface area contributed by atoms with Crippen LogP contribution in [-0.4, -0.2) is 32.9 Å². The van der Waals surface area contributed by atoms with Crippen LogP contribution in [0, 0.1) is 0 Å². The van der Waals surface area contributed by atoms with Gasteiger partial charge in [0.1, 0.15) is 10.3 Å². The van der Waals surface area contributed by atoms with Gasteiger partial charge in [-0.2, -0.15) is 0 Å². The number of ether oxygens (including phenoxy) is 1. The molecule has 2 aromatic carbocycles. The molecule has 1 fully saturated rings. The van der Waals surface area contributed by atoms with E-state index in [4.69, 9.17) is 4.74 Å². The molecule has 0 radical (unpaired) electrons. The maximum Gasteiger partial charge on any atom is 0.271 e. The summed E-state index contributed by atoms with van der Waals surface area (Å²) < 4.78 is 33.2. The molecule has 2 heterocycles. The molecule has 0 bridgehead atoms. The van der Waals surface area contributed by atoms with E-state index in [1.54, 1.807) is 60.0 Å². The molecule has 0 saturated carbocycles. The Balaban J connectivity index is 1.48. The molecule has 32 heavy (non-hydrogen) atoms. The summed E-state index contributed by atoms with van der Waals surface area (Å²) >= 11 is 1.10. The Morgan fingerprint density at radius 3 is 2.50 bits per heavy atom. The number of anilines is 3. The van der Waals surface area contributed by atoms with Gasteiger partial charge in [-0.05, 0) is 54.6 Å². The molecule has 0 aliphatic carbocycles. The van der Waals surface area contributed by atoms with Crippen LogP contribution in [0.1, 0.15) is 23.2 Å². The molecule has 2 amide bonds. The van der Waals surface area contributed by atoms with Gasteiger partial charge in [0.25, 0.3) is 21.8 Å². The third-order valence-corrected chi connectivity index (χ3v) is 7.56. The van der Waals surface area contributed by atoms with Crippen LogP contribution < -0.4 is 15.4 Å². The van der Waals surface area contributed by atoms with E-state index in [-0.39, 0.29) is 15.8 Å². The molecule has 3 aromatic rings. The quantitative estimate of drug-likeness (QED) is 0.483. The Bertz CT molecular complexity index is 1220. The topological polar surface area (TPSA) is 114 Å². The van der Waals surface area contributed by atoms with Crippen molar-refractivity contribution in [3.8, 4) is 0 Å². The fourth-order valence-electron chi connectivity index (χ4n) is 3.23. The van der Waals surface area contributed by atoms with E-state index in [9.17, 15) is 18.0 Å². The first-order chi connectivity index (χ1) is 15.4. The number of thiophene rings is 1. The van der Waals surface area contributed by atoms with E-state index < -0.39 is 22.0 Å². The molecule has 8 nitrogen and oxygen atoms in total. The summed E-state index contributed by atoms with van der Waals surface area (Å²) in [6.45, 7) is 0.566. The van der Waals surface area contributed by atoms with Gasteiger partial charge in [-0.1, -0.05) is 24.3 Å². The van der Waals surface area contributed by atoms with E-state index in [0.717, 1.165) is 17.8 Å². The molecular formula is C22H21N3O5S2. The van der Waals surface area contributed by atoms with Crippen molar-refractivity contribution >= 4 is 50.2 Å². The van der Waals surface area contributed by atoms with Gasteiger partial charge in [-0.3, -0.25) is 14.3 Å². The number of para-hydroxylation sites is 2. The van der Waals surface area contributed by atoms with Crippen LogP contribution in [0.3, 0.4) is 0 Å². The zero-order chi connectivity index (χ0) is 22.6.